The van der Waals surface area contributed by atoms with Crippen LogP contribution < -0.4 is 5.32 Å². The highest BCUT2D eigenvalue weighted by Crippen LogP contribution is 2.29. The van der Waals surface area contributed by atoms with Crippen molar-refractivity contribution in [2.24, 2.45) is 0 Å². The molecule has 1 aliphatic rings. The molecular weight excluding hydrogens is 361 g/mol. The Labute approximate surface area is 161 Å². The van der Waals surface area contributed by atoms with E-state index in [1.165, 1.54) is 19.1 Å². The predicted molar refractivity (Wildman–Crippen MR) is 101 cm³/mol. The number of halogens is 1. The lowest BCUT2D eigenvalue weighted by molar-refractivity contribution is -0.119. The molecule has 1 unspecified atom stereocenters. The van der Waals surface area contributed by atoms with Gasteiger partial charge in [-0.2, -0.15) is 5.10 Å². The SMILES string of the molecule is CC(=O)NC1CCN(C(=O)c2cc(F)cc(-c3c(C)nn4cccnc34)c2)C1. The summed E-state index contributed by atoms with van der Waals surface area (Å²) in [5, 5.41) is 7.23. The van der Waals surface area contributed by atoms with Crippen LogP contribution in [0.1, 0.15) is 29.4 Å². The number of nitrogens with one attached hydrogen (secondary N) is 1. The second kappa shape index (κ2) is 7.03. The summed E-state index contributed by atoms with van der Waals surface area (Å²) in [4.78, 5) is 30.1. The van der Waals surface area contributed by atoms with Crippen LogP contribution in [-0.4, -0.2) is 50.4 Å². The van der Waals surface area contributed by atoms with Crippen LogP contribution >= 0.6 is 0 Å². The highest BCUT2D eigenvalue weighted by Gasteiger charge is 2.28. The third-order valence-corrected chi connectivity index (χ3v) is 4.89. The lowest BCUT2D eigenvalue weighted by atomic mass is 10.0. The number of carbonyl (C=O) groups is 2. The van der Waals surface area contributed by atoms with Crippen molar-refractivity contribution in [3.05, 3.63) is 53.7 Å². The van der Waals surface area contributed by atoms with Gasteiger partial charge in [-0.05, 0) is 43.2 Å². The Balaban J connectivity index is 1.67. The molecule has 4 rings (SSSR count). The lowest BCUT2D eigenvalue weighted by Crippen LogP contribution is -2.37. The highest BCUT2D eigenvalue weighted by atomic mass is 19.1. The van der Waals surface area contributed by atoms with Crippen LogP contribution in [0.5, 0.6) is 0 Å². The summed E-state index contributed by atoms with van der Waals surface area (Å²) in [6.07, 6.45) is 4.11. The van der Waals surface area contributed by atoms with Gasteiger partial charge in [-0.3, -0.25) is 9.59 Å². The lowest BCUT2D eigenvalue weighted by Gasteiger charge is -2.17. The standard InChI is InChI=1S/C20H20FN5O2/c1-12-18(19-22-5-3-6-26(19)24-12)14-8-15(10-16(21)9-14)20(28)25-7-4-17(11-25)23-13(2)27/h3,5-6,8-10,17H,4,7,11H2,1-2H3,(H,23,27). The quantitative estimate of drug-likeness (QED) is 0.754. The zero-order chi connectivity index (χ0) is 19.8. The van der Waals surface area contributed by atoms with Gasteiger partial charge >= 0.3 is 0 Å². The molecular formula is C20H20FN5O2. The van der Waals surface area contributed by atoms with Gasteiger partial charge in [-0.15, -0.1) is 0 Å². The summed E-state index contributed by atoms with van der Waals surface area (Å²) < 4.78 is 16.0. The van der Waals surface area contributed by atoms with E-state index in [0.29, 0.717) is 42.0 Å². The minimum atomic E-state index is -0.492. The Hall–Kier alpha value is -3.29. The average molecular weight is 381 g/mol. The maximum Gasteiger partial charge on any atom is 0.254 e. The van der Waals surface area contributed by atoms with E-state index in [0.717, 1.165) is 0 Å². The first kappa shape index (κ1) is 18.1. The summed E-state index contributed by atoms with van der Waals surface area (Å²) in [6, 6.07) is 6.00. The molecule has 2 aromatic heterocycles. The molecule has 7 nitrogen and oxygen atoms in total. The fraction of sp³-hybridized carbons (Fsp3) is 0.300. The zero-order valence-corrected chi connectivity index (χ0v) is 15.6. The smallest absolute Gasteiger partial charge is 0.254 e. The van der Waals surface area contributed by atoms with Gasteiger partial charge in [-0.1, -0.05) is 0 Å². The molecule has 0 bridgehead atoms. The maximum absolute atomic E-state index is 14.4. The summed E-state index contributed by atoms with van der Waals surface area (Å²) in [6.45, 7) is 4.22. The molecule has 0 radical (unpaired) electrons. The van der Waals surface area contributed by atoms with Gasteiger partial charge < -0.3 is 10.2 Å². The minimum absolute atomic E-state index is 0.0689. The van der Waals surface area contributed by atoms with Crippen LogP contribution in [-0.2, 0) is 4.79 Å². The second-order valence-corrected chi connectivity index (χ2v) is 7.01. The highest BCUT2D eigenvalue weighted by molar-refractivity contribution is 5.96. The Morgan fingerprint density at radius 2 is 2.11 bits per heavy atom. The van der Waals surface area contributed by atoms with Crippen molar-refractivity contribution in [3.63, 3.8) is 0 Å². The van der Waals surface area contributed by atoms with Gasteiger partial charge in [0, 0.05) is 49.6 Å². The van der Waals surface area contributed by atoms with Crippen molar-refractivity contribution >= 4 is 17.5 Å². The third kappa shape index (κ3) is 3.33. The molecule has 2 amide bonds. The van der Waals surface area contributed by atoms with E-state index in [1.54, 1.807) is 33.9 Å². The van der Waals surface area contributed by atoms with Crippen LogP contribution in [0.2, 0.25) is 0 Å². The Morgan fingerprint density at radius 3 is 2.89 bits per heavy atom. The number of nitrogens with zero attached hydrogens (tertiary/aromatic N) is 4. The van der Waals surface area contributed by atoms with Crippen molar-refractivity contribution in [3.8, 4) is 11.1 Å². The summed E-state index contributed by atoms with van der Waals surface area (Å²) in [7, 11) is 0. The predicted octanol–water partition coefficient (Wildman–Crippen LogP) is 2.19. The first-order chi connectivity index (χ1) is 13.4. The van der Waals surface area contributed by atoms with E-state index in [4.69, 9.17) is 0 Å². The number of aryl methyl sites for hydroxylation is 1. The van der Waals surface area contributed by atoms with Crippen molar-refractivity contribution in [2.45, 2.75) is 26.3 Å². The second-order valence-electron chi connectivity index (χ2n) is 7.01. The van der Waals surface area contributed by atoms with Crippen LogP contribution in [0.15, 0.2) is 36.7 Å². The molecule has 144 valence electrons. The monoisotopic (exact) mass is 381 g/mol. The van der Waals surface area contributed by atoms with Crippen LogP contribution in [0, 0.1) is 12.7 Å². The summed E-state index contributed by atoms with van der Waals surface area (Å²) >= 11 is 0. The van der Waals surface area contributed by atoms with E-state index in [-0.39, 0.29) is 23.4 Å². The normalized spacial score (nSPS) is 16.5. The molecule has 1 fully saturated rings. The first-order valence-electron chi connectivity index (χ1n) is 9.09. The number of fused-ring (bicyclic) bond motifs is 1. The van der Waals surface area contributed by atoms with Gasteiger partial charge in [0.05, 0.1) is 5.69 Å². The number of aromatic nitrogens is 3. The summed E-state index contributed by atoms with van der Waals surface area (Å²) in [5.41, 5.74) is 2.84. The van der Waals surface area contributed by atoms with Crippen molar-refractivity contribution in [2.75, 3.05) is 13.1 Å². The molecule has 1 aromatic carbocycles. The van der Waals surface area contributed by atoms with Crippen molar-refractivity contribution in [1.29, 1.82) is 0 Å². The zero-order valence-electron chi connectivity index (χ0n) is 15.6. The van der Waals surface area contributed by atoms with Gasteiger partial charge in [0.1, 0.15) is 5.82 Å². The minimum Gasteiger partial charge on any atom is -0.352 e. The number of amides is 2. The van der Waals surface area contributed by atoms with Crippen LogP contribution in [0.25, 0.3) is 16.8 Å². The molecule has 8 heteroatoms. The molecule has 3 aromatic rings. The number of hydrogen-bond acceptors (Lipinski definition) is 4. The molecule has 0 spiro atoms. The maximum atomic E-state index is 14.4. The van der Waals surface area contributed by atoms with Crippen LogP contribution in [0.4, 0.5) is 4.39 Å². The Kier molecular flexibility index (Phi) is 4.54. The topological polar surface area (TPSA) is 79.6 Å². The van der Waals surface area contributed by atoms with Crippen LogP contribution in [0.3, 0.4) is 0 Å². The van der Waals surface area contributed by atoms with Crippen molar-refractivity contribution < 1.29 is 14.0 Å². The van der Waals surface area contributed by atoms with E-state index < -0.39 is 5.82 Å². The van der Waals surface area contributed by atoms with Crippen molar-refractivity contribution in [1.82, 2.24) is 24.8 Å². The van der Waals surface area contributed by atoms with E-state index >= 15 is 0 Å². The van der Waals surface area contributed by atoms with Gasteiger partial charge in [0.2, 0.25) is 5.91 Å². The van der Waals surface area contributed by atoms with Gasteiger partial charge in [0.25, 0.3) is 5.91 Å². The fourth-order valence-corrected chi connectivity index (χ4v) is 3.72. The van der Waals surface area contributed by atoms with Gasteiger partial charge in [0.15, 0.2) is 5.65 Å². The largest absolute Gasteiger partial charge is 0.352 e. The molecule has 0 aliphatic carbocycles. The van der Waals surface area contributed by atoms with Gasteiger partial charge in [-0.25, -0.2) is 13.9 Å². The number of rotatable bonds is 3. The number of benzene rings is 1. The molecule has 1 saturated heterocycles. The average Bonchev–Trinajstić information content (AvgIpc) is 3.23. The molecule has 1 atom stereocenters. The van der Waals surface area contributed by atoms with E-state index in [2.05, 4.69) is 15.4 Å². The molecule has 1 N–H and O–H groups in total. The third-order valence-electron chi connectivity index (χ3n) is 4.89. The number of likely N-dealkylation sites (tertiary alicyclic amines) is 1. The summed E-state index contributed by atoms with van der Waals surface area (Å²) in [5.74, 6) is -0.868. The molecule has 1 aliphatic heterocycles. The number of carbonyl (C=O) groups excluding carboxylic acids is 2. The Morgan fingerprint density at radius 1 is 1.29 bits per heavy atom. The fourth-order valence-electron chi connectivity index (χ4n) is 3.72. The Bertz CT molecular complexity index is 1080. The molecule has 3 heterocycles. The first-order valence-corrected chi connectivity index (χ1v) is 9.09. The van der Waals surface area contributed by atoms with E-state index in [1.807, 2.05) is 6.92 Å². The molecule has 0 saturated carbocycles. The van der Waals surface area contributed by atoms with E-state index in [9.17, 15) is 14.0 Å². The molecule has 28 heavy (non-hydrogen) atoms. The number of hydrogen-bond donors (Lipinski definition) is 1.